The number of aromatic nitrogens is 2. The molecule has 2 unspecified atom stereocenters. The Kier molecular flexibility index (Phi) is 3.64. The van der Waals surface area contributed by atoms with E-state index in [-0.39, 0.29) is 0 Å². The van der Waals surface area contributed by atoms with Gasteiger partial charge in [-0.3, -0.25) is 0 Å². The summed E-state index contributed by atoms with van der Waals surface area (Å²) in [6.07, 6.45) is 6.77. The third-order valence-corrected chi connectivity index (χ3v) is 3.75. The number of halogens is 1. The van der Waals surface area contributed by atoms with Crippen molar-refractivity contribution in [3.8, 4) is 0 Å². The Morgan fingerprint density at radius 1 is 1.31 bits per heavy atom. The molecule has 2 atom stereocenters. The normalized spacial score (nSPS) is 25.4. The summed E-state index contributed by atoms with van der Waals surface area (Å²) in [5, 5.41) is 0.514. The van der Waals surface area contributed by atoms with E-state index < -0.39 is 0 Å². The van der Waals surface area contributed by atoms with Crippen molar-refractivity contribution < 1.29 is 0 Å². The van der Waals surface area contributed by atoms with Gasteiger partial charge < -0.3 is 4.90 Å². The minimum absolute atomic E-state index is 0.514. The summed E-state index contributed by atoms with van der Waals surface area (Å²) in [4.78, 5) is 10.4. The van der Waals surface area contributed by atoms with Gasteiger partial charge in [0.15, 0.2) is 0 Å². The van der Waals surface area contributed by atoms with Gasteiger partial charge in [0.2, 0.25) is 0 Å². The molecule has 4 heteroatoms. The van der Waals surface area contributed by atoms with Gasteiger partial charge in [0.05, 0.1) is 0 Å². The molecule has 1 aromatic rings. The molecular formula is C12H18ClN3. The van der Waals surface area contributed by atoms with E-state index in [0.717, 1.165) is 11.7 Å². The maximum atomic E-state index is 5.89. The van der Waals surface area contributed by atoms with Crippen LogP contribution in [0.5, 0.6) is 0 Å². The van der Waals surface area contributed by atoms with E-state index in [1.165, 1.54) is 32.0 Å². The molecule has 0 radical (unpaired) electrons. The molecule has 0 bridgehead atoms. The van der Waals surface area contributed by atoms with Crippen molar-refractivity contribution >= 4 is 17.4 Å². The van der Waals surface area contributed by atoms with Crippen LogP contribution in [-0.2, 0) is 0 Å². The summed E-state index contributed by atoms with van der Waals surface area (Å²) in [5.41, 5.74) is 0. The highest BCUT2D eigenvalue weighted by molar-refractivity contribution is 6.29. The number of hydrogen-bond donors (Lipinski definition) is 0. The second-order valence-corrected chi connectivity index (χ2v) is 5.03. The van der Waals surface area contributed by atoms with Crippen LogP contribution in [0.15, 0.2) is 12.4 Å². The van der Waals surface area contributed by atoms with Crippen molar-refractivity contribution in [3.63, 3.8) is 0 Å². The van der Waals surface area contributed by atoms with Gasteiger partial charge in [0.1, 0.15) is 17.3 Å². The van der Waals surface area contributed by atoms with E-state index in [2.05, 4.69) is 28.8 Å². The largest absolute Gasteiger partial charge is 0.356 e. The highest BCUT2D eigenvalue weighted by Crippen LogP contribution is 2.29. The lowest BCUT2D eigenvalue weighted by molar-refractivity contribution is 0.320. The first-order valence-corrected chi connectivity index (χ1v) is 6.26. The molecule has 1 heterocycles. The molecule has 0 saturated heterocycles. The minimum Gasteiger partial charge on any atom is -0.356 e. The van der Waals surface area contributed by atoms with Crippen LogP contribution in [0, 0.1) is 5.92 Å². The quantitative estimate of drug-likeness (QED) is 0.743. The van der Waals surface area contributed by atoms with Crippen LogP contribution in [0.2, 0.25) is 5.15 Å². The molecule has 1 aliphatic carbocycles. The summed E-state index contributed by atoms with van der Waals surface area (Å²) < 4.78 is 0. The lowest BCUT2D eigenvalue weighted by Crippen LogP contribution is -2.39. The Hall–Kier alpha value is -0.830. The maximum Gasteiger partial charge on any atom is 0.134 e. The zero-order chi connectivity index (χ0) is 11.5. The maximum absolute atomic E-state index is 5.89. The van der Waals surface area contributed by atoms with E-state index >= 15 is 0 Å². The van der Waals surface area contributed by atoms with Crippen LogP contribution < -0.4 is 4.90 Å². The van der Waals surface area contributed by atoms with Gasteiger partial charge in [-0.25, -0.2) is 9.97 Å². The summed E-state index contributed by atoms with van der Waals surface area (Å²) in [6, 6.07) is 2.42. The Labute approximate surface area is 102 Å². The van der Waals surface area contributed by atoms with Crippen molar-refractivity contribution in [2.24, 2.45) is 5.92 Å². The van der Waals surface area contributed by atoms with Crippen LogP contribution in [-0.4, -0.2) is 23.1 Å². The van der Waals surface area contributed by atoms with E-state index in [9.17, 15) is 0 Å². The lowest BCUT2D eigenvalue weighted by atomic mass is 9.85. The molecule has 2 rings (SSSR count). The van der Waals surface area contributed by atoms with E-state index in [0.29, 0.717) is 11.2 Å². The van der Waals surface area contributed by atoms with Crippen molar-refractivity contribution in [2.75, 3.05) is 11.9 Å². The van der Waals surface area contributed by atoms with Gasteiger partial charge in [0.25, 0.3) is 0 Å². The number of rotatable bonds is 2. The first-order chi connectivity index (χ1) is 7.68. The number of anilines is 1. The molecule has 0 amide bonds. The Morgan fingerprint density at radius 2 is 2.06 bits per heavy atom. The third-order valence-electron chi connectivity index (χ3n) is 3.54. The molecule has 0 aliphatic heterocycles. The average molecular weight is 240 g/mol. The fourth-order valence-electron chi connectivity index (χ4n) is 2.56. The summed E-state index contributed by atoms with van der Waals surface area (Å²) in [5.74, 6) is 1.66. The first-order valence-electron chi connectivity index (χ1n) is 5.89. The Morgan fingerprint density at radius 3 is 2.75 bits per heavy atom. The van der Waals surface area contributed by atoms with E-state index in [1.807, 2.05) is 6.07 Å². The predicted molar refractivity (Wildman–Crippen MR) is 66.9 cm³/mol. The van der Waals surface area contributed by atoms with Gasteiger partial charge in [0, 0.05) is 19.2 Å². The fraction of sp³-hybridized carbons (Fsp3) is 0.667. The van der Waals surface area contributed by atoms with Gasteiger partial charge in [-0.2, -0.15) is 0 Å². The van der Waals surface area contributed by atoms with Gasteiger partial charge in [-0.15, -0.1) is 0 Å². The minimum atomic E-state index is 0.514. The predicted octanol–water partition coefficient (Wildman–Crippen LogP) is 3.14. The summed E-state index contributed by atoms with van der Waals surface area (Å²) in [7, 11) is 2.10. The van der Waals surface area contributed by atoms with Crippen LogP contribution in [0.25, 0.3) is 0 Å². The Bertz CT molecular complexity index is 356. The van der Waals surface area contributed by atoms with Crippen LogP contribution in [0.3, 0.4) is 0 Å². The van der Waals surface area contributed by atoms with Gasteiger partial charge in [-0.1, -0.05) is 31.4 Å². The van der Waals surface area contributed by atoms with Crippen LogP contribution in [0.4, 0.5) is 5.82 Å². The highest BCUT2D eigenvalue weighted by atomic mass is 35.5. The Balaban J connectivity index is 2.14. The SMILES string of the molecule is CC1CCCCC1N(C)c1cc(Cl)ncn1. The van der Waals surface area contributed by atoms with E-state index in [1.54, 1.807) is 0 Å². The molecule has 1 aromatic heterocycles. The summed E-state index contributed by atoms with van der Waals surface area (Å²) >= 11 is 5.89. The number of hydrogen-bond acceptors (Lipinski definition) is 3. The average Bonchev–Trinajstić information content (AvgIpc) is 2.29. The second kappa shape index (κ2) is 5.00. The van der Waals surface area contributed by atoms with Gasteiger partial charge in [-0.05, 0) is 18.8 Å². The first kappa shape index (κ1) is 11.6. The second-order valence-electron chi connectivity index (χ2n) is 4.64. The van der Waals surface area contributed by atoms with Gasteiger partial charge >= 0.3 is 0 Å². The van der Waals surface area contributed by atoms with Crippen molar-refractivity contribution in [3.05, 3.63) is 17.5 Å². The monoisotopic (exact) mass is 239 g/mol. The highest BCUT2D eigenvalue weighted by Gasteiger charge is 2.25. The standard InChI is InChI=1S/C12H18ClN3/c1-9-5-3-4-6-10(9)16(2)12-7-11(13)14-8-15-12/h7-10H,3-6H2,1-2H3. The summed E-state index contributed by atoms with van der Waals surface area (Å²) in [6.45, 7) is 2.32. The molecule has 0 aromatic carbocycles. The molecule has 0 N–H and O–H groups in total. The van der Waals surface area contributed by atoms with Crippen molar-refractivity contribution in [1.29, 1.82) is 0 Å². The topological polar surface area (TPSA) is 29.0 Å². The molecular weight excluding hydrogens is 222 g/mol. The third kappa shape index (κ3) is 2.46. The number of nitrogens with zero attached hydrogens (tertiary/aromatic N) is 3. The van der Waals surface area contributed by atoms with Crippen LogP contribution >= 0.6 is 11.6 Å². The van der Waals surface area contributed by atoms with Crippen molar-refractivity contribution in [2.45, 2.75) is 38.6 Å². The van der Waals surface area contributed by atoms with Crippen molar-refractivity contribution in [1.82, 2.24) is 9.97 Å². The fourth-order valence-corrected chi connectivity index (χ4v) is 2.70. The van der Waals surface area contributed by atoms with E-state index in [4.69, 9.17) is 11.6 Å². The lowest BCUT2D eigenvalue weighted by Gasteiger charge is -2.36. The smallest absolute Gasteiger partial charge is 0.134 e. The zero-order valence-electron chi connectivity index (χ0n) is 9.86. The molecule has 3 nitrogen and oxygen atoms in total. The molecule has 1 fully saturated rings. The molecule has 88 valence electrons. The molecule has 1 saturated carbocycles. The van der Waals surface area contributed by atoms with Crippen LogP contribution in [0.1, 0.15) is 32.6 Å². The molecule has 0 spiro atoms. The molecule has 1 aliphatic rings. The molecule has 16 heavy (non-hydrogen) atoms. The zero-order valence-corrected chi connectivity index (χ0v) is 10.6.